The Morgan fingerprint density at radius 2 is 1.92 bits per heavy atom. The van der Waals surface area contributed by atoms with Gasteiger partial charge < -0.3 is 5.32 Å². The summed E-state index contributed by atoms with van der Waals surface area (Å²) in [5, 5.41) is 3.41. The first kappa shape index (κ1) is 10.3. The minimum absolute atomic E-state index is 0. The highest BCUT2D eigenvalue weighted by atomic mass is 35.5. The van der Waals surface area contributed by atoms with E-state index in [4.69, 9.17) is 0 Å². The zero-order valence-corrected chi connectivity index (χ0v) is 8.08. The molecule has 0 aromatic carbocycles. The van der Waals surface area contributed by atoms with Crippen molar-refractivity contribution in [3.8, 4) is 0 Å². The topological polar surface area (TPSA) is 12.0 Å². The standard InChI is InChI=1S/C9H16FN.ClH/c10-8-4-5-11-9(6-8)7-2-1-3-7;/h7-9,11H,1-6H2;1H. The van der Waals surface area contributed by atoms with Gasteiger partial charge in [0.05, 0.1) is 0 Å². The Kier molecular flexibility index (Phi) is 3.78. The van der Waals surface area contributed by atoms with Gasteiger partial charge in [0.15, 0.2) is 0 Å². The van der Waals surface area contributed by atoms with Gasteiger partial charge in [0, 0.05) is 6.04 Å². The van der Waals surface area contributed by atoms with Gasteiger partial charge in [-0.05, 0) is 38.1 Å². The van der Waals surface area contributed by atoms with Crippen LogP contribution in [0.5, 0.6) is 0 Å². The third-order valence-corrected chi connectivity index (χ3v) is 3.09. The Bertz CT molecular complexity index is 138. The molecule has 1 aliphatic carbocycles. The molecule has 2 fully saturated rings. The Morgan fingerprint density at radius 1 is 1.17 bits per heavy atom. The van der Waals surface area contributed by atoms with E-state index < -0.39 is 6.17 Å². The highest BCUT2D eigenvalue weighted by molar-refractivity contribution is 5.85. The van der Waals surface area contributed by atoms with E-state index in [1.807, 2.05) is 0 Å². The Morgan fingerprint density at radius 3 is 2.42 bits per heavy atom. The molecule has 0 amide bonds. The average Bonchev–Trinajstić information content (AvgIpc) is 1.83. The number of rotatable bonds is 1. The molecule has 2 atom stereocenters. The van der Waals surface area contributed by atoms with Crippen molar-refractivity contribution in [3.05, 3.63) is 0 Å². The summed E-state index contributed by atoms with van der Waals surface area (Å²) in [5.41, 5.74) is 0. The molecular formula is C9H17ClFN. The summed E-state index contributed by atoms with van der Waals surface area (Å²) in [7, 11) is 0. The number of hydrogen-bond donors (Lipinski definition) is 1. The molecule has 1 nitrogen and oxygen atoms in total. The second-order valence-corrected chi connectivity index (χ2v) is 3.87. The maximum absolute atomic E-state index is 12.9. The minimum Gasteiger partial charge on any atom is -0.313 e. The van der Waals surface area contributed by atoms with Gasteiger partial charge in [0.25, 0.3) is 0 Å². The van der Waals surface area contributed by atoms with Gasteiger partial charge in [0.1, 0.15) is 6.17 Å². The third kappa shape index (κ3) is 2.11. The molecule has 2 rings (SSSR count). The number of alkyl halides is 1. The van der Waals surface area contributed by atoms with Crippen LogP contribution in [-0.2, 0) is 0 Å². The van der Waals surface area contributed by atoms with Crippen LogP contribution < -0.4 is 5.32 Å². The zero-order valence-electron chi connectivity index (χ0n) is 7.26. The number of hydrogen-bond acceptors (Lipinski definition) is 1. The van der Waals surface area contributed by atoms with Crippen LogP contribution in [0.15, 0.2) is 0 Å². The largest absolute Gasteiger partial charge is 0.313 e. The summed E-state index contributed by atoms with van der Waals surface area (Å²) in [6.45, 7) is 0.891. The normalized spacial score (nSPS) is 36.8. The lowest BCUT2D eigenvalue weighted by atomic mass is 9.77. The molecule has 1 N–H and O–H groups in total. The fraction of sp³-hybridized carbons (Fsp3) is 1.00. The van der Waals surface area contributed by atoms with E-state index in [0.717, 1.165) is 25.3 Å². The quantitative estimate of drug-likeness (QED) is 0.674. The maximum atomic E-state index is 12.9. The Balaban J connectivity index is 0.000000720. The van der Waals surface area contributed by atoms with Crippen molar-refractivity contribution in [1.29, 1.82) is 0 Å². The van der Waals surface area contributed by atoms with Crippen molar-refractivity contribution >= 4 is 12.4 Å². The fourth-order valence-corrected chi connectivity index (χ4v) is 2.10. The predicted octanol–water partition coefficient (Wildman–Crippen LogP) is 2.30. The molecule has 2 unspecified atom stereocenters. The van der Waals surface area contributed by atoms with E-state index in [2.05, 4.69) is 5.32 Å². The molecule has 0 bridgehead atoms. The van der Waals surface area contributed by atoms with Crippen molar-refractivity contribution in [2.24, 2.45) is 5.92 Å². The van der Waals surface area contributed by atoms with E-state index in [-0.39, 0.29) is 12.4 Å². The number of piperidine rings is 1. The van der Waals surface area contributed by atoms with Crippen LogP contribution in [0.25, 0.3) is 0 Å². The third-order valence-electron chi connectivity index (χ3n) is 3.09. The van der Waals surface area contributed by atoms with Gasteiger partial charge in [-0.1, -0.05) is 6.42 Å². The van der Waals surface area contributed by atoms with Crippen molar-refractivity contribution in [2.45, 2.75) is 44.3 Å². The first-order chi connectivity index (χ1) is 5.36. The van der Waals surface area contributed by atoms with Crippen molar-refractivity contribution in [3.63, 3.8) is 0 Å². The van der Waals surface area contributed by atoms with Crippen LogP contribution in [0, 0.1) is 5.92 Å². The van der Waals surface area contributed by atoms with Crippen molar-refractivity contribution in [1.82, 2.24) is 5.32 Å². The van der Waals surface area contributed by atoms with Gasteiger partial charge in [-0.15, -0.1) is 12.4 Å². The van der Waals surface area contributed by atoms with Crippen molar-refractivity contribution < 1.29 is 4.39 Å². The van der Waals surface area contributed by atoms with Crippen LogP contribution in [0.2, 0.25) is 0 Å². The van der Waals surface area contributed by atoms with E-state index in [1.165, 1.54) is 19.3 Å². The summed E-state index contributed by atoms with van der Waals surface area (Å²) in [4.78, 5) is 0. The summed E-state index contributed by atoms with van der Waals surface area (Å²) in [5.74, 6) is 0.800. The summed E-state index contributed by atoms with van der Waals surface area (Å²) < 4.78 is 12.9. The van der Waals surface area contributed by atoms with Gasteiger partial charge >= 0.3 is 0 Å². The molecule has 3 heteroatoms. The van der Waals surface area contributed by atoms with E-state index in [1.54, 1.807) is 0 Å². The SMILES string of the molecule is Cl.FC1CCNC(C2CCC2)C1. The number of halogens is 2. The van der Waals surface area contributed by atoms with Crippen LogP contribution in [0.4, 0.5) is 4.39 Å². The number of nitrogens with one attached hydrogen (secondary N) is 1. The minimum atomic E-state index is -0.526. The first-order valence-corrected chi connectivity index (χ1v) is 4.74. The van der Waals surface area contributed by atoms with E-state index in [9.17, 15) is 4.39 Å². The van der Waals surface area contributed by atoms with E-state index in [0.29, 0.717) is 6.04 Å². The highest BCUT2D eigenvalue weighted by Gasteiger charge is 2.31. The average molecular weight is 194 g/mol. The zero-order chi connectivity index (χ0) is 7.68. The van der Waals surface area contributed by atoms with Crippen LogP contribution in [0.3, 0.4) is 0 Å². The molecule has 1 saturated heterocycles. The van der Waals surface area contributed by atoms with Gasteiger partial charge in [-0.25, -0.2) is 4.39 Å². The molecule has 12 heavy (non-hydrogen) atoms. The second kappa shape index (κ2) is 4.43. The molecule has 1 heterocycles. The molecule has 2 aliphatic rings. The van der Waals surface area contributed by atoms with Gasteiger partial charge in [-0.2, -0.15) is 0 Å². The van der Waals surface area contributed by atoms with Gasteiger partial charge in [0.2, 0.25) is 0 Å². The second-order valence-electron chi connectivity index (χ2n) is 3.87. The summed E-state index contributed by atoms with van der Waals surface area (Å²) >= 11 is 0. The lowest BCUT2D eigenvalue weighted by Gasteiger charge is -2.37. The lowest BCUT2D eigenvalue weighted by molar-refractivity contribution is 0.144. The predicted molar refractivity (Wildman–Crippen MR) is 50.5 cm³/mol. The first-order valence-electron chi connectivity index (χ1n) is 4.74. The molecule has 1 saturated carbocycles. The van der Waals surface area contributed by atoms with Crippen LogP contribution >= 0.6 is 12.4 Å². The summed E-state index contributed by atoms with van der Waals surface area (Å²) in [6.07, 6.45) is 4.98. The van der Waals surface area contributed by atoms with E-state index >= 15 is 0 Å². The Labute approximate surface area is 79.5 Å². The highest BCUT2D eigenvalue weighted by Crippen LogP contribution is 2.33. The molecule has 0 radical (unpaired) electrons. The summed E-state index contributed by atoms with van der Waals surface area (Å²) in [6, 6.07) is 0.507. The molecule has 72 valence electrons. The lowest BCUT2D eigenvalue weighted by Crippen LogP contribution is -2.45. The molecule has 0 spiro atoms. The smallest absolute Gasteiger partial charge is 0.103 e. The van der Waals surface area contributed by atoms with Gasteiger partial charge in [-0.3, -0.25) is 0 Å². The maximum Gasteiger partial charge on any atom is 0.103 e. The molecule has 0 aromatic rings. The Hall–Kier alpha value is 0.180. The molecular weight excluding hydrogens is 177 g/mol. The van der Waals surface area contributed by atoms with Crippen LogP contribution in [-0.4, -0.2) is 18.8 Å². The molecule has 0 aromatic heterocycles. The monoisotopic (exact) mass is 193 g/mol. The van der Waals surface area contributed by atoms with Crippen molar-refractivity contribution in [2.75, 3.05) is 6.54 Å². The molecule has 1 aliphatic heterocycles. The van der Waals surface area contributed by atoms with Crippen LogP contribution in [0.1, 0.15) is 32.1 Å². The fourth-order valence-electron chi connectivity index (χ4n) is 2.10.